The number of hydrogen-bond acceptors (Lipinski definition) is 3. The lowest BCUT2D eigenvalue weighted by molar-refractivity contribution is 0.244. The predicted octanol–water partition coefficient (Wildman–Crippen LogP) is 1.80. The average molecular weight is 255 g/mol. The molecule has 1 aliphatic heterocycles. The summed E-state index contributed by atoms with van der Waals surface area (Å²) < 4.78 is 0. The van der Waals surface area contributed by atoms with Crippen molar-refractivity contribution in [3.8, 4) is 5.75 Å². The number of nitrogens with one attached hydrogen (secondary N) is 1. The van der Waals surface area contributed by atoms with Crippen LogP contribution in [0.3, 0.4) is 0 Å². The summed E-state index contributed by atoms with van der Waals surface area (Å²) in [5.41, 5.74) is 1.87. The Kier molecular flexibility index (Phi) is 4.26. The molecule has 1 heterocycles. The molecular formula is C13H19ClN2O. The molecule has 1 aliphatic rings. The Morgan fingerprint density at radius 2 is 2.06 bits per heavy atom. The molecule has 0 aromatic heterocycles. The molecule has 1 fully saturated rings. The van der Waals surface area contributed by atoms with Crippen LogP contribution in [-0.4, -0.2) is 42.7 Å². The Morgan fingerprint density at radius 3 is 2.76 bits per heavy atom. The minimum Gasteiger partial charge on any atom is -0.506 e. The first-order valence-electron chi connectivity index (χ1n) is 6.08. The number of nitrogens with zero attached hydrogens (tertiary/aromatic N) is 1. The number of piperazine rings is 1. The predicted molar refractivity (Wildman–Crippen MR) is 70.9 cm³/mol. The third kappa shape index (κ3) is 3.12. The summed E-state index contributed by atoms with van der Waals surface area (Å²) in [6, 6.07) is 3.94. The van der Waals surface area contributed by atoms with Gasteiger partial charge in [-0.05, 0) is 24.5 Å². The topological polar surface area (TPSA) is 35.5 Å². The summed E-state index contributed by atoms with van der Waals surface area (Å²) in [5.74, 6) is 0.226. The van der Waals surface area contributed by atoms with E-state index in [1.54, 1.807) is 0 Å². The molecule has 1 saturated heterocycles. The molecule has 1 aromatic carbocycles. The standard InChI is InChI=1S/C13H19ClN2O/c1-10-2-3-11(12(14)13(10)17)4-7-16-8-5-15-6-9-16/h2-3,15,17H,4-9H2,1H3. The van der Waals surface area contributed by atoms with E-state index < -0.39 is 0 Å². The van der Waals surface area contributed by atoms with E-state index in [0.717, 1.165) is 50.3 Å². The quantitative estimate of drug-likeness (QED) is 0.864. The summed E-state index contributed by atoms with van der Waals surface area (Å²) in [7, 11) is 0. The zero-order valence-electron chi connectivity index (χ0n) is 10.2. The van der Waals surface area contributed by atoms with Crippen LogP contribution in [0.1, 0.15) is 11.1 Å². The second-order valence-corrected chi connectivity index (χ2v) is 4.92. The maximum Gasteiger partial charge on any atom is 0.137 e. The Hall–Kier alpha value is -0.770. The second kappa shape index (κ2) is 5.71. The van der Waals surface area contributed by atoms with Crippen molar-refractivity contribution in [2.45, 2.75) is 13.3 Å². The normalized spacial score (nSPS) is 17.3. The van der Waals surface area contributed by atoms with Gasteiger partial charge in [-0.3, -0.25) is 0 Å². The highest BCUT2D eigenvalue weighted by molar-refractivity contribution is 6.32. The van der Waals surface area contributed by atoms with E-state index in [0.29, 0.717) is 5.02 Å². The largest absolute Gasteiger partial charge is 0.506 e. The second-order valence-electron chi connectivity index (χ2n) is 4.55. The SMILES string of the molecule is Cc1ccc(CCN2CCNCC2)c(Cl)c1O. The summed E-state index contributed by atoms with van der Waals surface area (Å²) in [6.07, 6.45) is 0.896. The van der Waals surface area contributed by atoms with Gasteiger partial charge in [0.15, 0.2) is 0 Å². The maximum atomic E-state index is 9.77. The first-order valence-corrected chi connectivity index (χ1v) is 6.46. The zero-order valence-corrected chi connectivity index (χ0v) is 10.9. The van der Waals surface area contributed by atoms with E-state index in [-0.39, 0.29) is 5.75 Å². The van der Waals surface area contributed by atoms with Gasteiger partial charge in [-0.15, -0.1) is 0 Å². The van der Waals surface area contributed by atoms with Crippen molar-refractivity contribution in [3.63, 3.8) is 0 Å². The fourth-order valence-electron chi connectivity index (χ4n) is 2.11. The Morgan fingerprint density at radius 1 is 1.35 bits per heavy atom. The molecule has 2 rings (SSSR count). The van der Waals surface area contributed by atoms with Crippen LogP contribution >= 0.6 is 11.6 Å². The van der Waals surface area contributed by atoms with Crippen LogP contribution in [0, 0.1) is 6.92 Å². The van der Waals surface area contributed by atoms with Crippen LogP contribution < -0.4 is 5.32 Å². The smallest absolute Gasteiger partial charge is 0.137 e. The lowest BCUT2D eigenvalue weighted by Crippen LogP contribution is -2.44. The van der Waals surface area contributed by atoms with Crippen LogP contribution in [0.5, 0.6) is 5.75 Å². The van der Waals surface area contributed by atoms with Crippen molar-refractivity contribution in [2.24, 2.45) is 0 Å². The molecule has 0 amide bonds. The molecule has 0 unspecified atom stereocenters. The van der Waals surface area contributed by atoms with Crippen molar-refractivity contribution >= 4 is 11.6 Å². The van der Waals surface area contributed by atoms with E-state index in [4.69, 9.17) is 11.6 Å². The number of phenolic OH excluding ortho intramolecular Hbond substituents is 1. The van der Waals surface area contributed by atoms with E-state index in [1.807, 2.05) is 19.1 Å². The molecule has 2 N–H and O–H groups in total. The molecule has 94 valence electrons. The monoisotopic (exact) mass is 254 g/mol. The van der Waals surface area contributed by atoms with E-state index in [2.05, 4.69) is 10.2 Å². The summed E-state index contributed by atoms with van der Waals surface area (Å²) in [5, 5.41) is 13.6. The number of phenols is 1. The minimum absolute atomic E-state index is 0.226. The molecule has 0 saturated carbocycles. The van der Waals surface area contributed by atoms with Crippen LogP contribution in [0.2, 0.25) is 5.02 Å². The van der Waals surface area contributed by atoms with Crippen molar-refractivity contribution in [3.05, 3.63) is 28.3 Å². The van der Waals surface area contributed by atoms with Crippen LogP contribution in [0.15, 0.2) is 12.1 Å². The molecule has 4 heteroatoms. The highest BCUT2D eigenvalue weighted by Crippen LogP contribution is 2.30. The molecule has 17 heavy (non-hydrogen) atoms. The first-order chi connectivity index (χ1) is 8.18. The molecular weight excluding hydrogens is 236 g/mol. The van der Waals surface area contributed by atoms with Gasteiger partial charge in [0.2, 0.25) is 0 Å². The molecule has 1 aromatic rings. The number of rotatable bonds is 3. The third-order valence-corrected chi connectivity index (χ3v) is 3.73. The van der Waals surface area contributed by atoms with Crippen LogP contribution in [0.25, 0.3) is 0 Å². The molecule has 0 aliphatic carbocycles. The Labute approximate surface area is 107 Å². The number of aryl methyl sites for hydroxylation is 1. The van der Waals surface area contributed by atoms with Crippen LogP contribution in [0.4, 0.5) is 0 Å². The number of halogens is 1. The highest BCUT2D eigenvalue weighted by atomic mass is 35.5. The van der Waals surface area contributed by atoms with Crippen molar-refractivity contribution in [1.29, 1.82) is 0 Å². The van der Waals surface area contributed by atoms with Crippen molar-refractivity contribution in [2.75, 3.05) is 32.7 Å². The van der Waals surface area contributed by atoms with E-state index in [1.165, 1.54) is 0 Å². The molecule has 0 atom stereocenters. The number of benzene rings is 1. The van der Waals surface area contributed by atoms with Gasteiger partial charge in [0.1, 0.15) is 5.75 Å². The summed E-state index contributed by atoms with van der Waals surface area (Å²) in [4.78, 5) is 2.42. The maximum absolute atomic E-state index is 9.77. The lowest BCUT2D eigenvalue weighted by Gasteiger charge is -2.27. The number of hydrogen-bond donors (Lipinski definition) is 2. The minimum atomic E-state index is 0.226. The molecule has 0 radical (unpaired) electrons. The first kappa shape index (κ1) is 12.7. The van der Waals surface area contributed by atoms with Crippen molar-refractivity contribution in [1.82, 2.24) is 10.2 Å². The zero-order chi connectivity index (χ0) is 12.3. The van der Waals surface area contributed by atoms with Gasteiger partial charge in [-0.25, -0.2) is 0 Å². The fourth-order valence-corrected chi connectivity index (χ4v) is 2.42. The van der Waals surface area contributed by atoms with Gasteiger partial charge >= 0.3 is 0 Å². The lowest BCUT2D eigenvalue weighted by atomic mass is 10.1. The molecule has 0 bridgehead atoms. The van der Waals surface area contributed by atoms with Gasteiger partial charge in [-0.2, -0.15) is 0 Å². The molecule has 0 spiro atoms. The fraction of sp³-hybridized carbons (Fsp3) is 0.538. The Balaban J connectivity index is 1.96. The van der Waals surface area contributed by atoms with Gasteiger partial charge in [0, 0.05) is 32.7 Å². The summed E-state index contributed by atoms with van der Waals surface area (Å²) in [6.45, 7) is 7.18. The van der Waals surface area contributed by atoms with Gasteiger partial charge in [0.05, 0.1) is 5.02 Å². The van der Waals surface area contributed by atoms with Crippen molar-refractivity contribution < 1.29 is 5.11 Å². The Bertz CT molecular complexity index is 389. The third-order valence-electron chi connectivity index (χ3n) is 3.30. The summed E-state index contributed by atoms with van der Waals surface area (Å²) >= 11 is 6.14. The number of aromatic hydroxyl groups is 1. The van der Waals surface area contributed by atoms with E-state index in [9.17, 15) is 5.11 Å². The van der Waals surface area contributed by atoms with Gasteiger partial charge in [-0.1, -0.05) is 23.7 Å². The molecule has 3 nitrogen and oxygen atoms in total. The van der Waals surface area contributed by atoms with Gasteiger partial charge < -0.3 is 15.3 Å². The highest BCUT2D eigenvalue weighted by Gasteiger charge is 2.12. The van der Waals surface area contributed by atoms with Gasteiger partial charge in [0.25, 0.3) is 0 Å². The average Bonchev–Trinajstić information content (AvgIpc) is 2.36. The van der Waals surface area contributed by atoms with E-state index >= 15 is 0 Å². The van der Waals surface area contributed by atoms with Crippen LogP contribution in [-0.2, 0) is 6.42 Å².